The fourth-order valence-electron chi connectivity index (χ4n) is 2.41. The molecule has 5 nitrogen and oxygen atoms in total. The standard InChI is InChI=1S/C12H20N4O/c1-12(9-13-10-12)17-7-6-15-4-5-16-3-2-14-11(16)8-15/h2-3,13H,4-10H2,1H3. The van der Waals surface area contributed by atoms with Gasteiger partial charge in [-0.15, -0.1) is 0 Å². The Morgan fingerprint density at radius 3 is 3.12 bits per heavy atom. The molecule has 0 unspecified atom stereocenters. The predicted molar refractivity (Wildman–Crippen MR) is 64.7 cm³/mol. The van der Waals surface area contributed by atoms with Crippen LogP contribution in [0.5, 0.6) is 0 Å². The maximum Gasteiger partial charge on any atom is 0.122 e. The van der Waals surface area contributed by atoms with E-state index in [0.29, 0.717) is 0 Å². The molecule has 1 fully saturated rings. The molecule has 94 valence electrons. The Hall–Kier alpha value is -0.910. The van der Waals surface area contributed by atoms with E-state index in [9.17, 15) is 0 Å². The molecular formula is C12H20N4O. The SMILES string of the molecule is CC1(OCCN2CCn3ccnc3C2)CNC1. The number of aromatic nitrogens is 2. The normalized spacial score (nSPS) is 23.1. The maximum atomic E-state index is 5.91. The van der Waals surface area contributed by atoms with Crippen LogP contribution >= 0.6 is 0 Å². The molecule has 0 saturated carbocycles. The minimum Gasteiger partial charge on any atom is -0.371 e. The smallest absolute Gasteiger partial charge is 0.122 e. The number of ether oxygens (including phenoxy) is 1. The van der Waals surface area contributed by atoms with E-state index >= 15 is 0 Å². The van der Waals surface area contributed by atoms with E-state index < -0.39 is 0 Å². The van der Waals surface area contributed by atoms with E-state index in [-0.39, 0.29) is 5.60 Å². The number of fused-ring (bicyclic) bond motifs is 1. The molecule has 1 saturated heterocycles. The van der Waals surface area contributed by atoms with Crippen molar-refractivity contribution < 1.29 is 4.74 Å². The van der Waals surface area contributed by atoms with Crippen LogP contribution in [-0.2, 0) is 17.8 Å². The minimum atomic E-state index is 0.0776. The van der Waals surface area contributed by atoms with Gasteiger partial charge in [0.2, 0.25) is 0 Å². The average Bonchev–Trinajstić information content (AvgIpc) is 2.74. The van der Waals surface area contributed by atoms with Crippen molar-refractivity contribution in [1.29, 1.82) is 0 Å². The highest BCUT2D eigenvalue weighted by atomic mass is 16.5. The summed E-state index contributed by atoms with van der Waals surface area (Å²) in [5.41, 5.74) is 0.0776. The maximum absolute atomic E-state index is 5.91. The van der Waals surface area contributed by atoms with Gasteiger partial charge in [-0.25, -0.2) is 4.98 Å². The van der Waals surface area contributed by atoms with E-state index in [1.807, 2.05) is 6.20 Å². The molecule has 2 aliphatic heterocycles. The highest BCUT2D eigenvalue weighted by Gasteiger charge is 2.32. The minimum absolute atomic E-state index is 0.0776. The fourth-order valence-corrected chi connectivity index (χ4v) is 2.41. The van der Waals surface area contributed by atoms with Gasteiger partial charge in [-0.3, -0.25) is 4.90 Å². The molecule has 0 radical (unpaired) electrons. The van der Waals surface area contributed by atoms with Crippen molar-refractivity contribution in [3.8, 4) is 0 Å². The lowest BCUT2D eigenvalue weighted by atomic mass is 10.0. The number of imidazole rings is 1. The summed E-state index contributed by atoms with van der Waals surface area (Å²) >= 11 is 0. The van der Waals surface area contributed by atoms with Crippen LogP contribution in [0.1, 0.15) is 12.7 Å². The quantitative estimate of drug-likeness (QED) is 0.804. The summed E-state index contributed by atoms with van der Waals surface area (Å²) in [6.07, 6.45) is 3.95. The Morgan fingerprint density at radius 1 is 1.47 bits per heavy atom. The second-order valence-corrected chi connectivity index (χ2v) is 5.21. The molecule has 0 spiro atoms. The molecule has 2 aliphatic rings. The van der Waals surface area contributed by atoms with Gasteiger partial charge in [-0.2, -0.15) is 0 Å². The van der Waals surface area contributed by atoms with Gasteiger partial charge < -0.3 is 14.6 Å². The lowest BCUT2D eigenvalue weighted by Crippen LogP contribution is -2.59. The predicted octanol–water partition coefficient (Wildman–Crippen LogP) is 0.0772. The molecule has 5 heteroatoms. The molecule has 0 bridgehead atoms. The van der Waals surface area contributed by atoms with E-state index in [1.165, 1.54) is 5.82 Å². The summed E-state index contributed by atoms with van der Waals surface area (Å²) in [4.78, 5) is 6.78. The molecule has 0 aromatic carbocycles. The Bertz CT molecular complexity index is 386. The largest absolute Gasteiger partial charge is 0.371 e. The van der Waals surface area contributed by atoms with Crippen molar-refractivity contribution >= 4 is 0 Å². The summed E-state index contributed by atoms with van der Waals surface area (Å²) in [5, 5.41) is 3.25. The van der Waals surface area contributed by atoms with Crippen molar-refractivity contribution in [2.45, 2.75) is 25.6 Å². The third-order valence-electron chi connectivity index (χ3n) is 3.68. The molecule has 1 aromatic heterocycles. The monoisotopic (exact) mass is 236 g/mol. The molecule has 1 aromatic rings. The molecule has 3 heterocycles. The Kier molecular flexibility index (Phi) is 2.90. The molecule has 0 amide bonds. The summed E-state index contributed by atoms with van der Waals surface area (Å²) in [7, 11) is 0. The van der Waals surface area contributed by atoms with Gasteiger partial charge in [-0.05, 0) is 6.92 Å². The Balaban J connectivity index is 1.45. The van der Waals surface area contributed by atoms with Crippen LogP contribution in [0.3, 0.4) is 0 Å². The first-order valence-corrected chi connectivity index (χ1v) is 6.32. The zero-order chi connectivity index (χ0) is 11.7. The van der Waals surface area contributed by atoms with Crippen LogP contribution in [0, 0.1) is 0 Å². The Labute approximate surface area is 102 Å². The van der Waals surface area contributed by atoms with E-state index in [0.717, 1.165) is 45.9 Å². The highest BCUT2D eigenvalue weighted by molar-refractivity contribution is 4.95. The Morgan fingerprint density at radius 2 is 2.35 bits per heavy atom. The van der Waals surface area contributed by atoms with Crippen molar-refractivity contribution in [2.24, 2.45) is 0 Å². The van der Waals surface area contributed by atoms with Gasteiger partial charge in [0.15, 0.2) is 0 Å². The number of rotatable bonds is 4. The van der Waals surface area contributed by atoms with Gasteiger partial charge >= 0.3 is 0 Å². The van der Waals surface area contributed by atoms with Crippen LogP contribution in [0.2, 0.25) is 0 Å². The second-order valence-electron chi connectivity index (χ2n) is 5.21. The topological polar surface area (TPSA) is 42.3 Å². The van der Waals surface area contributed by atoms with Gasteiger partial charge in [0.1, 0.15) is 5.82 Å². The number of nitrogens with one attached hydrogen (secondary N) is 1. The molecule has 0 aliphatic carbocycles. The highest BCUT2D eigenvalue weighted by Crippen LogP contribution is 2.15. The summed E-state index contributed by atoms with van der Waals surface area (Å²) in [5.74, 6) is 1.17. The van der Waals surface area contributed by atoms with Crippen molar-refractivity contribution in [3.05, 3.63) is 18.2 Å². The van der Waals surface area contributed by atoms with Crippen molar-refractivity contribution in [1.82, 2.24) is 19.8 Å². The molecule has 0 atom stereocenters. The van der Waals surface area contributed by atoms with Crippen LogP contribution in [0.15, 0.2) is 12.4 Å². The molecular weight excluding hydrogens is 216 g/mol. The first-order chi connectivity index (χ1) is 8.25. The first-order valence-electron chi connectivity index (χ1n) is 6.32. The van der Waals surface area contributed by atoms with E-state index in [4.69, 9.17) is 4.74 Å². The van der Waals surface area contributed by atoms with Crippen LogP contribution < -0.4 is 5.32 Å². The second kappa shape index (κ2) is 4.40. The van der Waals surface area contributed by atoms with Crippen LogP contribution in [0.25, 0.3) is 0 Å². The third-order valence-corrected chi connectivity index (χ3v) is 3.68. The van der Waals surface area contributed by atoms with Gasteiger partial charge in [-0.1, -0.05) is 0 Å². The van der Waals surface area contributed by atoms with Gasteiger partial charge in [0.05, 0.1) is 18.8 Å². The zero-order valence-electron chi connectivity index (χ0n) is 10.4. The van der Waals surface area contributed by atoms with Crippen molar-refractivity contribution in [3.63, 3.8) is 0 Å². The average molecular weight is 236 g/mol. The van der Waals surface area contributed by atoms with Gasteiger partial charge in [0, 0.05) is 45.1 Å². The van der Waals surface area contributed by atoms with Crippen LogP contribution in [-0.4, -0.2) is 52.8 Å². The molecule has 17 heavy (non-hydrogen) atoms. The number of hydrogen-bond donors (Lipinski definition) is 1. The molecule has 1 N–H and O–H groups in total. The van der Waals surface area contributed by atoms with Crippen LogP contribution in [0.4, 0.5) is 0 Å². The van der Waals surface area contributed by atoms with Crippen molar-refractivity contribution in [2.75, 3.05) is 32.8 Å². The fraction of sp³-hybridized carbons (Fsp3) is 0.750. The first kappa shape index (κ1) is 11.2. The lowest BCUT2D eigenvalue weighted by Gasteiger charge is -2.39. The van der Waals surface area contributed by atoms with Gasteiger partial charge in [0.25, 0.3) is 0 Å². The summed E-state index contributed by atoms with van der Waals surface area (Å²) < 4.78 is 8.14. The summed E-state index contributed by atoms with van der Waals surface area (Å²) in [6.45, 7) is 9.06. The van der Waals surface area contributed by atoms with E-state index in [1.54, 1.807) is 0 Å². The zero-order valence-corrected chi connectivity index (χ0v) is 10.4. The molecule has 3 rings (SSSR count). The van der Waals surface area contributed by atoms with E-state index in [2.05, 4.69) is 32.9 Å². The number of hydrogen-bond acceptors (Lipinski definition) is 4. The third kappa shape index (κ3) is 2.36. The lowest BCUT2D eigenvalue weighted by molar-refractivity contribution is -0.0734. The number of nitrogens with zero attached hydrogens (tertiary/aromatic N) is 3. The summed E-state index contributed by atoms with van der Waals surface area (Å²) in [6, 6.07) is 0.